The van der Waals surface area contributed by atoms with Crippen molar-refractivity contribution in [2.75, 3.05) is 46.4 Å². The number of piperazine rings is 1. The largest absolute Gasteiger partial charge is 0.389 e. The molecule has 1 fully saturated rings. The van der Waals surface area contributed by atoms with Crippen LogP contribution in [0.3, 0.4) is 0 Å². The van der Waals surface area contributed by atoms with E-state index in [1.54, 1.807) is 0 Å². The van der Waals surface area contributed by atoms with Crippen molar-refractivity contribution < 1.29 is 9.63 Å². The number of rotatable bonds is 4. The van der Waals surface area contributed by atoms with Crippen LogP contribution in [0.25, 0.3) is 0 Å². The highest BCUT2D eigenvalue weighted by atomic mass is 31.0. The van der Waals surface area contributed by atoms with Crippen molar-refractivity contribution in [1.82, 2.24) is 9.80 Å². The second-order valence-electron chi connectivity index (χ2n) is 3.59. The molecular weight excluding hydrogens is 187 g/mol. The van der Waals surface area contributed by atoms with Gasteiger partial charge in [0.25, 0.3) is 0 Å². The zero-order chi connectivity index (χ0) is 9.68. The minimum Gasteiger partial charge on any atom is -0.389 e. The van der Waals surface area contributed by atoms with Gasteiger partial charge in [0, 0.05) is 42.2 Å². The summed E-state index contributed by atoms with van der Waals surface area (Å²) >= 11 is 0. The van der Waals surface area contributed by atoms with Gasteiger partial charge >= 0.3 is 0 Å². The standard InChI is InChI=1S/C8H19N2O2P/c1-9-2-4-10(5-3-9)6-8(11)7-12-13/h8,11H,2-7,13H2,1H3/t8-/m0/s1. The first kappa shape index (κ1) is 11.3. The molecule has 0 saturated carbocycles. The Morgan fingerprint density at radius 1 is 1.38 bits per heavy atom. The lowest BCUT2D eigenvalue weighted by Crippen LogP contribution is -2.47. The lowest BCUT2D eigenvalue weighted by atomic mass is 10.3. The highest BCUT2D eigenvalue weighted by molar-refractivity contribution is 7.09. The number of nitrogens with zero attached hydrogens (tertiary/aromatic N) is 2. The van der Waals surface area contributed by atoms with E-state index >= 15 is 0 Å². The molecule has 0 aliphatic carbocycles. The summed E-state index contributed by atoms with van der Waals surface area (Å²) in [7, 11) is 4.28. The van der Waals surface area contributed by atoms with E-state index in [1.165, 1.54) is 0 Å². The molecule has 4 nitrogen and oxygen atoms in total. The average Bonchev–Trinajstić information content (AvgIpc) is 2.09. The molecule has 5 heteroatoms. The predicted octanol–water partition coefficient (Wildman–Crippen LogP) is -0.599. The van der Waals surface area contributed by atoms with Crippen LogP contribution in [0.4, 0.5) is 0 Å². The van der Waals surface area contributed by atoms with E-state index in [2.05, 4.69) is 26.3 Å². The van der Waals surface area contributed by atoms with Gasteiger partial charge in [0.05, 0.1) is 12.7 Å². The minimum absolute atomic E-state index is 0.360. The van der Waals surface area contributed by atoms with Crippen LogP contribution in [-0.4, -0.2) is 67.4 Å². The fourth-order valence-corrected chi connectivity index (χ4v) is 1.71. The fourth-order valence-electron chi connectivity index (χ4n) is 1.49. The first-order valence-electron chi connectivity index (χ1n) is 4.63. The van der Waals surface area contributed by atoms with Crippen molar-refractivity contribution in [3.8, 4) is 0 Å². The fraction of sp³-hybridized carbons (Fsp3) is 1.00. The van der Waals surface area contributed by atoms with Crippen LogP contribution >= 0.6 is 9.47 Å². The van der Waals surface area contributed by atoms with Gasteiger partial charge in [-0.25, -0.2) is 0 Å². The molecule has 78 valence electrons. The summed E-state index contributed by atoms with van der Waals surface area (Å²) in [5, 5.41) is 9.47. The van der Waals surface area contributed by atoms with Crippen molar-refractivity contribution >= 4 is 9.47 Å². The third kappa shape index (κ3) is 4.34. The Bertz CT molecular complexity index is 140. The first-order valence-corrected chi connectivity index (χ1v) is 5.10. The van der Waals surface area contributed by atoms with E-state index in [4.69, 9.17) is 4.52 Å². The van der Waals surface area contributed by atoms with Gasteiger partial charge in [0.2, 0.25) is 0 Å². The summed E-state index contributed by atoms with van der Waals surface area (Å²) in [6, 6.07) is 0. The average molecular weight is 206 g/mol. The van der Waals surface area contributed by atoms with Crippen molar-refractivity contribution in [2.45, 2.75) is 6.10 Å². The summed E-state index contributed by atoms with van der Waals surface area (Å²) in [6.07, 6.45) is -0.360. The molecule has 1 aliphatic heterocycles. The Balaban J connectivity index is 2.14. The molecule has 0 aromatic rings. The SMILES string of the molecule is CN1CCN(C[C@H](O)COP)CC1. The monoisotopic (exact) mass is 206 g/mol. The topological polar surface area (TPSA) is 35.9 Å². The van der Waals surface area contributed by atoms with Gasteiger partial charge in [-0.05, 0) is 7.05 Å². The molecule has 1 heterocycles. The van der Waals surface area contributed by atoms with Crippen LogP contribution in [0, 0.1) is 0 Å². The molecule has 0 aromatic carbocycles. The molecule has 0 aromatic heterocycles. The summed E-state index contributed by atoms with van der Waals surface area (Å²) < 4.78 is 4.80. The molecule has 0 spiro atoms. The van der Waals surface area contributed by atoms with Gasteiger partial charge in [-0.15, -0.1) is 0 Å². The summed E-state index contributed by atoms with van der Waals surface area (Å²) in [6.45, 7) is 5.40. The van der Waals surface area contributed by atoms with Crippen LogP contribution in [0.15, 0.2) is 0 Å². The maximum atomic E-state index is 9.47. The maximum Gasteiger partial charge on any atom is 0.0903 e. The number of hydrogen-bond donors (Lipinski definition) is 1. The number of likely N-dealkylation sites (N-methyl/N-ethyl adjacent to an activating group) is 1. The van der Waals surface area contributed by atoms with E-state index < -0.39 is 0 Å². The van der Waals surface area contributed by atoms with Gasteiger partial charge < -0.3 is 14.5 Å². The Morgan fingerprint density at radius 2 is 2.00 bits per heavy atom. The Kier molecular flexibility index (Phi) is 5.14. The van der Waals surface area contributed by atoms with Crippen LogP contribution < -0.4 is 0 Å². The Labute approximate surface area is 82.1 Å². The molecule has 0 amide bonds. The predicted molar refractivity (Wildman–Crippen MR) is 55.6 cm³/mol. The molecule has 2 atom stereocenters. The van der Waals surface area contributed by atoms with Crippen molar-refractivity contribution in [3.63, 3.8) is 0 Å². The molecule has 0 radical (unpaired) electrons. The molecule has 0 bridgehead atoms. The van der Waals surface area contributed by atoms with Crippen LogP contribution in [0.5, 0.6) is 0 Å². The summed E-state index contributed by atoms with van der Waals surface area (Å²) in [5.41, 5.74) is 0. The zero-order valence-electron chi connectivity index (χ0n) is 8.15. The van der Waals surface area contributed by atoms with Crippen molar-refractivity contribution in [3.05, 3.63) is 0 Å². The number of hydrogen-bond acceptors (Lipinski definition) is 4. The number of aliphatic hydroxyl groups is 1. The second kappa shape index (κ2) is 5.89. The highest BCUT2D eigenvalue weighted by Crippen LogP contribution is 2.01. The van der Waals surface area contributed by atoms with Gasteiger partial charge in [-0.2, -0.15) is 0 Å². The third-order valence-corrected chi connectivity index (χ3v) is 2.55. The van der Waals surface area contributed by atoms with Crippen LogP contribution in [0.1, 0.15) is 0 Å². The van der Waals surface area contributed by atoms with E-state index in [-0.39, 0.29) is 6.10 Å². The molecule has 1 saturated heterocycles. The van der Waals surface area contributed by atoms with Crippen LogP contribution in [-0.2, 0) is 4.52 Å². The second-order valence-corrected chi connectivity index (χ2v) is 3.92. The minimum atomic E-state index is -0.360. The normalized spacial score (nSPS) is 23.3. The van der Waals surface area contributed by atoms with Gasteiger partial charge in [-0.1, -0.05) is 0 Å². The first-order chi connectivity index (χ1) is 6.22. The molecular formula is C8H19N2O2P. The smallest absolute Gasteiger partial charge is 0.0903 e. The van der Waals surface area contributed by atoms with E-state index in [0.29, 0.717) is 6.61 Å². The van der Waals surface area contributed by atoms with Gasteiger partial charge in [-0.3, -0.25) is 4.90 Å². The maximum absolute atomic E-state index is 9.47. The quantitative estimate of drug-likeness (QED) is 0.623. The Morgan fingerprint density at radius 3 is 2.54 bits per heavy atom. The highest BCUT2D eigenvalue weighted by Gasteiger charge is 2.16. The lowest BCUT2D eigenvalue weighted by molar-refractivity contribution is 0.0553. The van der Waals surface area contributed by atoms with E-state index in [0.717, 1.165) is 32.7 Å². The molecule has 1 unspecified atom stereocenters. The van der Waals surface area contributed by atoms with E-state index in [9.17, 15) is 5.11 Å². The van der Waals surface area contributed by atoms with Crippen LogP contribution in [0.2, 0.25) is 0 Å². The van der Waals surface area contributed by atoms with Crippen molar-refractivity contribution in [2.24, 2.45) is 0 Å². The van der Waals surface area contributed by atoms with E-state index in [1.807, 2.05) is 0 Å². The molecule has 1 aliphatic rings. The lowest BCUT2D eigenvalue weighted by Gasteiger charge is -2.33. The van der Waals surface area contributed by atoms with Crippen molar-refractivity contribution in [1.29, 1.82) is 0 Å². The summed E-state index contributed by atoms with van der Waals surface area (Å²) in [5.74, 6) is 0. The zero-order valence-corrected chi connectivity index (χ0v) is 9.30. The third-order valence-electron chi connectivity index (χ3n) is 2.35. The molecule has 13 heavy (non-hydrogen) atoms. The Hall–Kier alpha value is 0.270. The molecule has 1 rings (SSSR count). The van der Waals surface area contributed by atoms with Gasteiger partial charge in [0.1, 0.15) is 0 Å². The molecule has 1 N–H and O–H groups in total. The van der Waals surface area contributed by atoms with Gasteiger partial charge in [0.15, 0.2) is 0 Å². The number of aliphatic hydroxyl groups excluding tert-OH is 1. The number of β-amino-alcohol motifs (C(OH)–C–C–N with tert-alkyl or cyclic N) is 1. The summed E-state index contributed by atoms with van der Waals surface area (Å²) in [4.78, 5) is 4.57.